The standard InChI is InChI=1S/C14H21IO6P2/c1-18-22(16,19-2)12-7-10-5-6-11(15)8-13(10)14(9-12)23(17,20-3)21-4/h5-6,8,12,14H,7,9H2,1-4H3. The summed E-state index contributed by atoms with van der Waals surface area (Å²) in [5.41, 5.74) is 0.988. The SMILES string of the molecule is COP(=O)(OC)C1Cc2ccc(I)cc2C(P(=O)(OC)OC)C1. The van der Waals surface area contributed by atoms with E-state index in [1.807, 2.05) is 18.2 Å². The van der Waals surface area contributed by atoms with Crippen LogP contribution in [0.3, 0.4) is 0 Å². The van der Waals surface area contributed by atoms with Gasteiger partial charge in [-0.05, 0) is 58.7 Å². The van der Waals surface area contributed by atoms with Crippen LogP contribution in [-0.2, 0) is 33.6 Å². The predicted molar refractivity (Wildman–Crippen MR) is 97.3 cm³/mol. The first kappa shape index (κ1) is 19.6. The molecule has 0 fully saturated rings. The third-order valence-corrected chi connectivity index (χ3v) is 9.51. The fraction of sp³-hybridized carbons (Fsp3) is 0.571. The lowest BCUT2D eigenvalue weighted by molar-refractivity contribution is 0.249. The van der Waals surface area contributed by atoms with Crippen LogP contribution >= 0.6 is 37.8 Å². The summed E-state index contributed by atoms with van der Waals surface area (Å²) >= 11 is 2.21. The Morgan fingerprint density at radius 1 is 1.00 bits per heavy atom. The molecule has 2 atom stereocenters. The van der Waals surface area contributed by atoms with Crippen molar-refractivity contribution in [3.63, 3.8) is 0 Å². The van der Waals surface area contributed by atoms with Gasteiger partial charge in [-0.1, -0.05) is 6.07 Å². The van der Waals surface area contributed by atoms with Crippen molar-refractivity contribution in [3.05, 3.63) is 32.9 Å². The van der Waals surface area contributed by atoms with Crippen molar-refractivity contribution < 1.29 is 27.2 Å². The van der Waals surface area contributed by atoms with Crippen LogP contribution in [0, 0.1) is 3.57 Å². The van der Waals surface area contributed by atoms with Crippen molar-refractivity contribution in [2.45, 2.75) is 24.2 Å². The summed E-state index contributed by atoms with van der Waals surface area (Å²) in [6.07, 6.45) is 0.889. The Balaban J connectivity index is 2.55. The number of fused-ring (bicyclic) bond motifs is 1. The minimum Gasteiger partial charge on any atom is -0.312 e. The van der Waals surface area contributed by atoms with Crippen LogP contribution in [0.25, 0.3) is 0 Å². The molecule has 9 heteroatoms. The van der Waals surface area contributed by atoms with Crippen LogP contribution in [0.5, 0.6) is 0 Å². The Kier molecular flexibility index (Phi) is 6.51. The first-order chi connectivity index (χ1) is 10.8. The maximum atomic E-state index is 13.0. The van der Waals surface area contributed by atoms with Crippen molar-refractivity contribution in [2.75, 3.05) is 28.4 Å². The van der Waals surface area contributed by atoms with Crippen LogP contribution in [0.15, 0.2) is 18.2 Å². The average molecular weight is 474 g/mol. The highest BCUT2D eigenvalue weighted by Gasteiger charge is 2.47. The van der Waals surface area contributed by atoms with E-state index in [1.54, 1.807) is 0 Å². The quantitative estimate of drug-likeness (QED) is 0.443. The molecule has 0 amide bonds. The lowest BCUT2D eigenvalue weighted by atomic mass is 9.91. The highest BCUT2D eigenvalue weighted by molar-refractivity contribution is 14.1. The number of halogens is 1. The van der Waals surface area contributed by atoms with Gasteiger partial charge in [-0.25, -0.2) is 0 Å². The molecule has 1 aromatic rings. The van der Waals surface area contributed by atoms with Crippen molar-refractivity contribution in [2.24, 2.45) is 0 Å². The highest BCUT2D eigenvalue weighted by atomic mass is 127. The second-order valence-electron chi connectivity index (χ2n) is 5.26. The second-order valence-corrected chi connectivity index (χ2v) is 11.5. The summed E-state index contributed by atoms with van der Waals surface area (Å²) in [4.78, 5) is 0. The molecule has 23 heavy (non-hydrogen) atoms. The third-order valence-electron chi connectivity index (χ3n) is 4.26. The maximum Gasteiger partial charge on any atom is 0.337 e. The zero-order valence-corrected chi connectivity index (χ0v) is 17.5. The summed E-state index contributed by atoms with van der Waals surface area (Å²) < 4.78 is 47.6. The van der Waals surface area contributed by atoms with Crippen molar-refractivity contribution in [1.82, 2.24) is 0 Å². The van der Waals surface area contributed by atoms with Crippen LogP contribution in [0.4, 0.5) is 0 Å². The van der Waals surface area contributed by atoms with E-state index >= 15 is 0 Å². The molecule has 0 aromatic heterocycles. The molecule has 0 N–H and O–H groups in total. The zero-order valence-electron chi connectivity index (χ0n) is 13.5. The van der Waals surface area contributed by atoms with Crippen molar-refractivity contribution in [3.8, 4) is 0 Å². The molecule has 6 nitrogen and oxygen atoms in total. The van der Waals surface area contributed by atoms with Gasteiger partial charge in [-0.3, -0.25) is 9.13 Å². The largest absolute Gasteiger partial charge is 0.337 e. The van der Waals surface area contributed by atoms with Gasteiger partial charge in [0.05, 0.1) is 11.3 Å². The normalized spacial score (nSPS) is 22.0. The maximum absolute atomic E-state index is 13.0. The third kappa shape index (κ3) is 3.76. The molecule has 1 aliphatic carbocycles. The first-order valence-corrected chi connectivity index (χ1v) is 11.3. The molecule has 2 unspecified atom stereocenters. The number of benzene rings is 1. The summed E-state index contributed by atoms with van der Waals surface area (Å²) in [5.74, 6) is 0. The molecule has 0 aliphatic heterocycles. The van der Waals surface area contributed by atoms with Gasteiger partial charge in [0.2, 0.25) is 0 Å². The van der Waals surface area contributed by atoms with E-state index in [0.29, 0.717) is 12.8 Å². The van der Waals surface area contributed by atoms with Gasteiger partial charge < -0.3 is 18.1 Å². The van der Waals surface area contributed by atoms with Gasteiger partial charge >= 0.3 is 15.2 Å². The van der Waals surface area contributed by atoms with E-state index in [4.69, 9.17) is 18.1 Å². The smallest absolute Gasteiger partial charge is 0.312 e. The minimum absolute atomic E-state index is 0.352. The van der Waals surface area contributed by atoms with Crippen LogP contribution in [0.2, 0.25) is 0 Å². The molecule has 1 aromatic carbocycles. The fourth-order valence-electron chi connectivity index (χ4n) is 3.03. The van der Waals surface area contributed by atoms with Gasteiger partial charge in [0.1, 0.15) is 0 Å². The molecule has 0 heterocycles. The van der Waals surface area contributed by atoms with E-state index in [2.05, 4.69) is 22.6 Å². The van der Waals surface area contributed by atoms with Gasteiger partial charge in [-0.2, -0.15) is 0 Å². The Labute approximate surface area is 150 Å². The summed E-state index contributed by atoms with van der Waals surface area (Å²) in [6, 6.07) is 5.90. The summed E-state index contributed by atoms with van der Waals surface area (Å²) in [6.45, 7) is 0. The Hall–Kier alpha value is 0.250. The minimum atomic E-state index is -3.37. The van der Waals surface area contributed by atoms with Crippen LogP contribution in [0.1, 0.15) is 23.2 Å². The van der Waals surface area contributed by atoms with E-state index in [-0.39, 0.29) is 0 Å². The molecule has 0 bridgehead atoms. The number of hydrogen-bond donors (Lipinski definition) is 0. The van der Waals surface area contributed by atoms with Crippen LogP contribution < -0.4 is 0 Å². The molecule has 0 saturated heterocycles. The van der Waals surface area contributed by atoms with E-state index in [0.717, 1.165) is 14.7 Å². The van der Waals surface area contributed by atoms with Gasteiger partial charge in [-0.15, -0.1) is 0 Å². The second kappa shape index (κ2) is 7.65. The molecule has 130 valence electrons. The lowest BCUT2D eigenvalue weighted by Gasteiger charge is -2.36. The van der Waals surface area contributed by atoms with E-state index in [1.165, 1.54) is 28.4 Å². The summed E-state index contributed by atoms with van der Waals surface area (Å²) in [7, 11) is -1.18. The van der Waals surface area contributed by atoms with Crippen molar-refractivity contribution >= 4 is 37.8 Å². The number of rotatable bonds is 6. The van der Waals surface area contributed by atoms with Crippen molar-refractivity contribution in [1.29, 1.82) is 0 Å². The molecule has 2 rings (SSSR count). The lowest BCUT2D eigenvalue weighted by Crippen LogP contribution is -2.25. The van der Waals surface area contributed by atoms with E-state index < -0.39 is 26.5 Å². The summed E-state index contributed by atoms with van der Waals surface area (Å²) in [5, 5.41) is 0. The Bertz CT molecular complexity index is 649. The average Bonchev–Trinajstić information content (AvgIpc) is 2.59. The topological polar surface area (TPSA) is 71.1 Å². The molecular weight excluding hydrogens is 453 g/mol. The molecule has 0 spiro atoms. The molecule has 0 radical (unpaired) electrons. The van der Waals surface area contributed by atoms with Gasteiger partial charge in [0.25, 0.3) is 0 Å². The first-order valence-electron chi connectivity index (χ1n) is 7.04. The fourth-order valence-corrected chi connectivity index (χ4v) is 7.09. The zero-order chi connectivity index (χ0) is 17.3. The monoisotopic (exact) mass is 474 g/mol. The highest BCUT2D eigenvalue weighted by Crippen LogP contribution is 2.67. The van der Waals surface area contributed by atoms with Crippen LogP contribution in [-0.4, -0.2) is 34.1 Å². The molecule has 1 aliphatic rings. The van der Waals surface area contributed by atoms with Gasteiger partial charge in [0, 0.05) is 32.0 Å². The van der Waals surface area contributed by atoms with Gasteiger partial charge in [0.15, 0.2) is 0 Å². The Morgan fingerprint density at radius 2 is 1.57 bits per heavy atom. The molecule has 0 saturated carbocycles. The number of hydrogen-bond acceptors (Lipinski definition) is 6. The van der Waals surface area contributed by atoms with E-state index in [9.17, 15) is 9.13 Å². The Morgan fingerprint density at radius 3 is 2.09 bits per heavy atom. The predicted octanol–water partition coefficient (Wildman–Crippen LogP) is 4.62. The molecular formula is C14H21IO6P2.